The number of aromatic nitrogens is 4. The van der Waals surface area contributed by atoms with Crippen LogP contribution in [0.1, 0.15) is 79.8 Å². The molecule has 11 nitrogen and oxygen atoms in total. The third-order valence-electron chi connectivity index (χ3n) is 9.35. The van der Waals surface area contributed by atoms with Crippen molar-refractivity contribution in [1.29, 1.82) is 0 Å². The number of rotatable bonds is 10. The Morgan fingerprint density at radius 2 is 1.74 bits per heavy atom. The van der Waals surface area contributed by atoms with Gasteiger partial charge in [0.05, 0.1) is 19.6 Å². The topological polar surface area (TPSA) is 129 Å². The SMILES string of the molecule is COc1ccc(CNc2nc3c(F)cc(F)cc3c3nc([C@@H]4CC[C@H](C)N(C(=O)c5ccc([C@@H](N[S+]([O-])C(C)(C)C)C(F)(F)F)cc5)C4)nn23)c(OC)c1. The number of fused-ring (bicyclic) bond motifs is 3. The minimum absolute atomic E-state index is 0.106. The normalized spacial score (nSPS) is 17.8. The lowest BCUT2D eigenvalue weighted by Crippen LogP contribution is -2.46. The number of alkyl halides is 3. The zero-order chi connectivity index (χ0) is 39.1. The van der Waals surface area contributed by atoms with Crippen molar-refractivity contribution >= 4 is 39.8 Å². The smallest absolute Gasteiger partial charge is 0.412 e. The summed E-state index contributed by atoms with van der Waals surface area (Å²) in [6, 6.07) is 9.81. The van der Waals surface area contributed by atoms with Crippen molar-refractivity contribution in [3.8, 4) is 11.5 Å². The van der Waals surface area contributed by atoms with Crippen LogP contribution in [-0.4, -0.2) is 72.7 Å². The summed E-state index contributed by atoms with van der Waals surface area (Å²) >= 11 is -2.00. The molecule has 54 heavy (non-hydrogen) atoms. The van der Waals surface area contributed by atoms with Crippen LogP contribution >= 0.6 is 0 Å². The summed E-state index contributed by atoms with van der Waals surface area (Å²) in [6.07, 6.45) is -3.59. The quantitative estimate of drug-likeness (QED) is 0.111. The highest BCUT2D eigenvalue weighted by molar-refractivity contribution is 7.90. The summed E-state index contributed by atoms with van der Waals surface area (Å²) in [5, 5.41) is 8.00. The van der Waals surface area contributed by atoms with Crippen molar-refractivity contribution in [2.45, 2.75) is 76.0 Å². The molecule has 0 spiro atoms. The Bertz CT molecular complexity index is 2160. The van der Waals surface area contributed by atoms with Gasteiger partial charge in [0.25, 0.3) is 5.91 Å². The molecule has 6 rings (SSSR count). The Morgan fingerprint density at radius 3 is 2.39 bits per heavy atom. The molecule has 0 bridgehead atoms. The highest BCUT2D eigenvalue weighted by Crippen LogP contribution is 2.36. The number of methoxy groups -OCH3 is 2. The van der Waals surface area contributed by atoms with Crippen molar-refractivity contribution in [3.63, 3.8) is 0 Å². The van der Waals surface area contributed by atoms with E-state index in [-0.39, 0.29) is 52.8 Å². The van der Waals surface area contributed by atoms with Crippen LogP contribution < -0.4 is 19.5 Å². The number of amides is 1. The largest absolute Gasteiger partial charge is 0.598 e. The first-order valence-electron chi connectivity index (χ1n) is 17.1. The molecule has 17 heteroatoms. The maximum Gasteiger partial charge on any atom is 0.412 e. The molecule has 3 aromatic carbocycles. The first-order chi connectivity index (χ1) is 25.5. The van der Waals surface area contributed by atoms with Crippen LogP contribution in [0.2, 0.25) is 0 Å². The van der Waals surface area contributed by atoms with E-state index < -0.39 is 51.8 Å². The monoisotopic (exact) mass is 773 g/mol. The molecule has 1 unspecified atom stereocenters. The molecule has 0 saturated carbocycles. The van der Waals surface area contributed by atoms with Crippen LogP contribution in [0.5, 0.6) is 11.5 Å². The van der Waals surface area contributed by atoms with Crippen molar-refractivity contribution in [3.05, 3.63) is 88.7 Å². The molecule has 2 N–H and O–H groups in total. The second kappa shape index (κ2) is 15.2. The molecule has 288 valence electrons. The molecule has 1 fully saturated rings. The van der Waals surface area contributed by atoms with Gasteiger partial charge < -0.3 is 24.2 Å². The average Bonchev–Trinajstić information content (AvgIpc) is 3.58. The number of anilines is 1. The molecule has 5 aromatic rings. The highest BCUT2D eigenvalue weighted by atomic mass is 32.2. The van der Waals surface area contributed by atoms with Crippen LogP contribution in [0.25, 0.3) is 16.6 Å². The molecule has 1 saturated heterocycles. The predicted octanol–water partition coefficient (Wildman–Crippen LogP) is 7.25. The first-order valence-corrected chi connectivity index (χ1v) is 18.3. The van der Waals surface area contributed by atoms with E-state index in [1.807, 2.05) is 6.92 Å². The molecule has 1 amide bonds. The van der Waals surface area contributed by atoms with E-state index in [9.17, 15) is 26.9 Å². The highest BCUT2D eigenvalue weighted by Gasteiger charge is 2.46. The molecular formula is C37H40F5N7O4S. The number of hydrogen-bond acceptors (Lipinski definition) is 9. The number of nitrogens with one attached hydrogen (secondary N) is 2. The summed E-state index contributed by atoms with van der Waals surface area (Å²) in [5.74, 6) is -0.892. The first kappa shape index (κ1) is 39.0. The Morgan fingerprint density at radius 1 is 1.02 bits per heavy atom. The van der Waals surface area contributed by atoms with Crippen LogP contribution in [0, 0.1) is 11.6 Å². The Kier molecular flexibility index (Phi) is 11.0. The standard InChI is InChI=1S/C37H40F5N7O4S/c1-20-7-8-24(19-48(20)34(50)22-11-9-21(10-12-22)31(37(40,41)42)47-54(51)36(2,3)4)32-45-33-27-15-25(38)16-28(39)30(27)44-35(49(33)46-32)43-18-23-13-14-26(52-5)17-29(23)53-6/h9-17,20,24,31,47H,7-8,18-19H2,1-6H3,(H,43,44)/t20-,24+,31+,54?/m0/s1. The van der Waals surface area contributed by atoms with E-state index in [0.717, 1.165) is 17.7 Å². The van der Waals surface area contributed by atoms with Crippen LogP contribution in [0.15, 0.2) is 54.6 Å². The van der Waals surface area contributed by atoms with Crippen molar-refractivity contribution in [1.82, 2.24) is 29.2 Å². The van der Waals surface area contributed by atoms with Gasteiger partial charge in [0, 0.05) is 59.7 Å². The minimum Gasteiger partial charge on any atom is -0.598 e. The Balaban J connectivity index is 1.28. The predicted molar refractivity (Wildman–Crippen MR) is 194 cm³/mol. The summed E-state index contributed by atoms with van der Waals surface area (Å²) in [6.45, 7) is 6.94. The van der Waals surface area contributed by atoms with Gasteiger partial charge in [-0.15, -0.1) is 9.82 Å². The molecule has 2 aromatic heterocycles. The number of hydrogen-bond donors (Lipinski definition) is 2. The second-order valence-electron chi connectivity index (χ2n) is 14.1. The zero-order valence-electron chi connectivity index (χ0n) is 30.4. The average molecular weight is 774 g/mol. The van der Waals surface area contributed by atoms with Gasteiger partial charge in [-0.05, 0) is 76.4 Å². The Labute approximate surface area is 311 Å². The molecule has 1 aliphatic heterocycles. The zero-order valence-corrected chi connectivity index (χ0v) is 31.2. The van der Waals surface area contributed by atoms with Gasteiger partial charge in [-0.3, -0.25) is 4.79 Å². The molecular weight excluding hydrogens is 734 g/mol. The second-order valence-corrected chi connectivity index (χ2v) is 16.1. The van der Waals surface area contributed by atoms with Crippen LogP contribution in [-0.2, 0) is 17.9 Å². The van der Waals surface area contributed by atoms with Crippen LogP contribution in [0.3, 0.4) is 0 Å². The lowest BCUT2D eigenvalue weighted by molar-refractivity contribution is -0.153. The van der Waals surface area contributed by atoms with E-state index in [0.29, 0.717) is 30.2 Å². The van der Waals surface area contributed by atoms with E-state index >= 15 is 4.39 Å². The van der Waals surface area contributed by atoms with Crippen molar-refractivity contribution in [2.24, 2.45) is 0 Å². The lowest BCUT2D eigenvalue weighted by atomic mass is 9.92. The fraction of sp³-hybridized carbons (Fsp3) is 0.405. The summed E-state index contributed by atoms with van der Waals surface area (Å²) in [7, 11) is 3.06. The number of ether oxygens (including phenoxy) is 2. The number of halogens is 5. The number of benzene rings is 3. The third-order valence-corrected chi connectivity index (χ3v) is 10.9. The van der Waals surface area contributed by atoms with Gasteiger partial charge in [-0.25, -0.2) is 18.7 Å². The number of carbonyl (C=O) groups excluding carboxylic acids is 1. The van der Waals surface area contributed by atoms with Crippen molar-refractivity contribution in [2.75, 3.05) is 26.1 Å². The van der Waals surface area contributed by atoms with Gasteiger partial charge in [-0.2, -0.15) is 17.7 Å². The maximum absolute atomic E-state index is 15.1. The summed E-state index contributed by atoms with van der Waals surface area (Å²) in [4.78, 5) is 24.6. The molecule has 3 heterocycles. The third kappa shape index (κ3) is 8.03. The van der Waals surface area contributed by atoms with Crippen LogP contribution in [0.4, 0.5) is 27.9 Å². The van der Waals surface area contributed by atoms with E-state index in [2.05, 4.69) is 15.0 Å². The number of likely N-dealkylation sites (tertiary alicyclic amines) is 1. The fourth-order valence-corrected chi connectivity index (χ4v) is 7.14. The number of nitrogens with zero attached hydrogens (tertiary/aromatic N) is 5. The van der Waals surface area contributed by atoms with E-state index in [1.54, 1.807) is 43.9 Å². The summed E-state index contributed by atoms with van der Waals surface area (Å²) in [5.41, 5.74) is 0.774. The van der Waals surface area contributed by atoms with Gasteiger partial charge >= 0.3 is 6.18 Å². The maximum atomic E-state index is 15.1. The molecule has 0 radical (unpaired) electrons. The fourth-order valence-electron chi connectivity index (χ4n) is 6.31. The molecule has 4 atom stereocenters. The Hall–Kier alpha value is -4.74. The van der Waals surface area contributed by atoms with Gasteiger partial charge in [0.2, 0.25) is 5.95 Å². The van der Waals surface area contributed by atoms with Gasteiger partial charge in [0.15, 0.2) is 23.3 Å². The van der Waals surface area contributed by atoms with Crippen molar-refractivity contribution < 1.29 is 40.8 Å². The number of piperidine rings is 1. The van der Waals surface area contributed by atoms with Gasteiger partial charge in [0.1, 0.15) is 27.6 Å². The molecule has 0 aliphatic carbocycles. The minimum atomic E-state index is -4.74. The number of carbonyl (C=O) groups is 1. The van der Waals surface area contributed by atoms with Gasteiger partial charge in [-0.1, -0.05) is 12.1 Å². The van der Waals surface area contributed by atoms with E-state index in [4.69, 9.17) is 19.6 Å². The van der Waals surface area contributed by atoms with E-state index in [1.165, 1.54) is 43.0 Å². The molecule has 1 aliphatic rings. The lowest BCUT2D eigenvalue weighted by Gasteiger charge is -2.37. The summed E-state index contributed by atoms with van der Waals surface area (Å²) < 4.78 is 97.7.